The van der Waals surface area contributed by atoms with Gasteiger partial charge in [0.15, 0.2) is 0 Å². The summed E-state index contributed by atoms with van der Waals surface area (Å²) in [6, 6.07) is 0. The van der Waals surface area contributed by atoms with Crippen molar-refractivity contribution in [3.8, 4) is 0 Å². The largest absolute Gasteiger partial charge is 0.481 e. The summed E-state index contributed by atoms with van der Waals surface area (Å²) < 4.78 is 0. The average molecular weight is 223 g/mol. The molecule has 86 valence electrons. The fourth-order valence-electron chi connectivity index (χ4n) is 1.63. The molecule has 1 aliphatic rings. The van der Waals surface area contributed by atoms with Gasteiger partial charge in [-0.2, -0.15) is 0 Å². The Bertz CT molecular complexity index is 388. The zero-order valence-corrected chi connectivity index (χ0v) is 8.64. The van der Waals surface area contributed by atoms with Gasteiger partial charge in [0.25, 0.3) is 0 Å². The molecule has 1 heterocycles. The number of rotatable bonds is 5. The van der Waals surface area contributed by atoms with Crippen LogP contribution in [0.15, 0.2) is 12.4 Å². The van der Waals surface area contributed by atoms with Crippen molar-refractivity contribution in [2.75, 3.05) is 6.54 Å². The maximum Gasteiger partial charge on any atom is 0.307 e. The van der Waals surface area contributed by atoms with Gasteiger partial charge in [0.1, 0.15) is 5.82 Å². The maximum atomic E-state index is 11.4. The maximum absolute atomic E-state index is 11.4. The fraction of sp³-hybridized carbons (Fsp3) is 0.500. The standard InChI is InChI=1S/C10H13N3O3/c14-9(6-5-7(6)10(15)16)13-2-1-8-11-3-4-12-8/h3-4,6-7H,1-2,5H2,(H,11,12)(H,13,14)(H,15,16)/t6-,7+/m1/s1. The molecule has 1 aromatic rings. The van der Waals surface area contributed by atoms with E-state index >= 15 is 0 Å². The Kier molecular flexibility index (Phi) is 2.89. The number of carbonyl (C=O) groups excluding carboxylic acids is 1. The molecule has 6 nitrogen and oxygen atoms in total. The van der Waals surface area contributed by atoms with E-state index in [1.807, 2.05) is 0 Å². The lowest BCUT2D eigenvalue weighted by atomic mass is 10.3. The quantitative estimate of drug-likeness (QED) is 0.643. The van der Waals surface area contributed by atoms with E-state index in [0.29, 0.717) is 19.4 Å². The van der Waals surface area contributed by atoms with E-state index in [1.54, 1.807) is 12.4 Å². The number of hydrogen-bond donors (Lipinski definition) is 3. The number of carbonyl (C=O) groups is 2. The molecule has 1 aromatic heterocycles. The van der Waals surface area contributed by atoms with Crippen LogP contribution in [0.3, 0.4) is 0 Å². The number of imidazole rings is 1. The van der Waals surface area contributed by atoms with Crippen molar-refractivity contribution in [3.05, 3.63) is 18.2 Å². The van der Waals surface area contributed by atoms with Crippen LogP contribution < -0.4 is 5.32 Å². The molecule has 0 aromatic carbocycles. The molecular formula is C10H13N3O3. The summed E-state index contributed by atoms with van der Waals surface area (Å²) in [5.74, 6) is -1.06. The van der Waals surface area contributed by atoms with Crippen LogP contribution in [0.5, 0.6) is 0 Å². The lowest BCUT2D eigenvalue weighted by Crippen LogP contribution is -2.28. The van der Waals surface area contributed by atoms with Crippen LogP contribution in [0, 0.1) is 11.8 Å². The molecule has 3 N–H and O–H groups in total. The van der Waals surface area contributed by atoms with E-state index in [1.165, 1.54) is 0 Å². The van der Waals surface area contributed by atoms with Crippen LogP contribution in [0.1, 0.15) is 12.2 Å². The van der Waals surface area contributed by atoms with E-state index < -0.39 is 11.9 Å². The van der Waals surface area contributed by atoms with E-state index in [-0.39, 0.29) is 11.8 Å². The zero-order valence-electron chi connectivity index (χ0n) is 8.64. The molecule has 1 saturated carbocycles. The third-order valence-corrected chi connectivity index (χ3v) is 2.66. The number of carboxylic acids is 1. The number of nitrogens with zero attached hydrogens (tertiary/aromatic N) is 1. The lowest BCUT2D eigenvalue weighted by molar-refractivity contribution is -0.140. The predicted octanol–water partition coefficient (Wildman–Crippen LogP) is -0.211. The Balaban J connectivity index is 1.68. The first-order valence-corrected chi connectivity index (χ1v) is 5.17. The molecule has 6 heteroatoms. The summed E-state index contributed by atoms with van der Waals surface area (Å²) >= 11 is 0. The molecule has 16 heavy (non-hydrogen) atoms. The summed E-state index contributed by atoms with van der Waals surface area (Å²) in [6.07, 6.45) is 4.46. The third-order valence-electron chi connectivity index (χ3n) is 2.66. The van der Waals surface area contributed by atoms with Crippen molar-refractivity contribution in [2.45, 2.75) is 12.8 Å². The van der Waals surface area contributed by atoms with Crippen LogP contribution in [-0.4, -0.2) is 33.5 Å². The van der Waals surface area contributed by atoms with E-state index in [4.69, 9.17) is 5.11 Å². The minimum atomic E-state index is -0.883. The second-order valence-corrected chi connectivity index (χ2v) is 3.86. The summed E-state index contributed by atoms with van der Waals surface area (Å²) in [4.78, 5) is 28.9. The molecule has 1 fully saturated rings. The second kappa shape index (κ2) is 4.34. The molecule has 0 unspecified atom stereocenters. The Morgan fingerprint density at radius 1 is 1.56 bits per heavy atom. The number of aliphatic carboxylic acids is 1. The van der Waals surface area contributed by atoms with Gasteiger partial charge in [0.2, 0.25) is 5.91 Å². The average Bonchev–Trinajstić information content (AvgIpc) is 2.90. The predicted molar refractivity (Wildman–Crippen MR) is 54.5 cm³/mol. The van der Waals surface area contributed by atoms with Gasteiger partial charge in [-0.3, -0.25) is 9.59 Å². The SMILES string of the molecule is O=C(O)[C@H]1C[C@H]1C(=O)NCCc1ncc[nH]1. The monoisotopic (exact) mass is 223 g/mol. The van der Waals surface area contributed by atoms with Crippen molar-refractivity contribution in [1.82, 2.24) is 15.3 Å². The molecule has 0 spiro atoms. The number of carboxylic acid groups (broad SMARTS) is 1. The molecule has 1 amide bonds. The molecule has 1 aliphatic carbocycles. The van der Waals surface area contributed by atoms with E-state index in [2.05, 4.69) is 15.3 Å². The fourth-order valence-corrected chi connectivity index (χ4v) is 1.63. The smallest absolute Gasteiger partial charge is 0.307 e. The molecule has 0 bridgehead atoms. The Morgan fingerprint density at radius 2 is 2.38 bits per heavy atom. The van der Waals surface area contributed by atoms with Crippen LogP contribution in [0.2, 0.25) is 0 Å². The van der Waals surface area contributed by atoms with Crippen molar-refractivity contribution < 1.29 is 14.7 Å². The highest BCUT2D eigenvalue weighted by molar-refractivity contribution is 5.89. The van der Waals surface area contributed by atoms with Gasteiger partial charge >= 0.3 is 5.97 Å². The number of aromatic nitrogens is 2. The summed E-state index contributed by atoms with van der Waals surface area (Å²) in [5.41, 5.74) is 0. The normalized spacial score (nSPS) is 22.8. The van der Waals surface area contributed by atoms with Crippen molar-refractivity contribution in [3.63, 3.8) is 0 Å². The van der Waals surface area contributed by atoms with Crippen LogP contribution >= 0.6 is 0 Å². The highest BCUT2D eigenvalue weighted by Crippen LogP contribution is 2.38. The first-order chi connectivity index (χ1) is 7.68. The molecule has 2 rings (SSSR count). The van der Waals surface area contributed by atoms with Gasteiger partial charge in [0, 0.05) is 25.4 Å². The molecule has 2 atom stereocenters. The molecule has 0 saturated heterocycles. The Hall–Kier alpha value is -1.85. The summed E-state index contributed by atoms with van der Waals surface area (Å²) in [7, 11) is 0. The highest BCUT2D eigenvalue weighted by Gasteiger charge is 2.48. The van der Waals surface area contributed by atoms with E-state index in [9.17, 15) is 9.59 Å². The van der Waals surface area contributed by atoms with Gasteiger partial charge in [-0.25, -0.2) is 4.98 Å². The summed E-state index contributed by atoms with van der Waals surface area (Å²) in [5, 5.41) is 11.4. The molecule has 0 aliphatic heterocycles. The van der Waals surface area contributed by atoms with Gasteiger partial charge in [0.05, 0.1) is 11.8 Å². The summed E-state index contributed by atoms with van der Waals surface area (Å²) in [6.45, 7) is 0.481. The van der Waals surface area contributed by atoms with Crippen molar-refractivity contribution in [2.24, 2.45) is 11.8 Å². The van der Waals surface area contributed by atoms with Crippen molar-refractivity contribution >= 4 is 11.9 Å². The number of H-pyrrole nitrogens is 1. The molecular weight excluding hydrogens is 210 g/mol. The second-order valence-electron chi connectivity index (χ2n) is 3.86. The highest BCUT2D eigenvalue weighted by atomic mass is 16.4. The molecule has 0 radical (unpaired) electrons. The first kappa shape index (κ1) is 10.7. The number of hydrogen-bond acceptors (Lipinski definition) is 3. The van der Waals surface area contributed by atoms with Gasteiger partial charge < -0.3 is 15.4 Å². The van der Waals surface area contributed by atoms with Gasteiger partial charge in [-0.15, -0.1) is 0 Å². The van der Waals surface area contributed by atoms with Gasteiger partial charge in [-0.05, 0) is 6.42 Å². The third kappa shape index (κ3) is 2.39. The number of amides is 1. The van der Waals surface area contributed by atoms with Gasteiger partial charge in [-0.1, -0.05) is 0 Å². The van der Waals surface area contributed by atoms with Crippen LogP contribution in [-0.2, 0) is 16.0 Å². The van der Waals surface area contributed by atoms with E-state index in [0.717, 1.165) is 5.82 Å². The minimum Gasteiger partial charge on any atom is -0.481 e. The van der Waals surface area contributed by atoms with Crippen LogP contribution in [0.25, 0.3) is 0 Å². The zero-order chi connectivity index (χ0) is 11.5. The number of aromatic amines is 1. The topological polar surface area (TPSA) is 95.1 Å². The van der Waals surface area contributed by atoms with Crippen LogP contribution in [0.4, 0.5) is 0 Å². The van der Waals surface area contributed by atoms with Crippen molar-refractivity contribution in [1.29, 1.82) is 0 Å². The Labute approximate surface area is 92.1 Å². The minimum absolute atomic E-state index is 0.168. The first-order valence-electron chi connectivity index (χ1n) is 5.17. The Morgan fingerprint density at radius 3 is 2.94 bits per heavy atom. The lowest BCUT2D eigenvalue weighted by Gasteiger charge is -2.02. The number of nitrogens with one attached hydrogen (secondary N) is 2.